The van der Waals surface area contributed by atoms with E-state index in [9.17, 15) is 4.79 Å². The van der Waals surface area contributed by atoms with Crippen molar-refractivity contribution in [2.75, 3.05) is 0 Å². The number of carboxylic acids is 1. The van der Waals surface area contributed by atoms with Gasteiger partial charge in [-0.1, -0.05) is 0 Å². The Morgan fingerprint density at radius 1 is 1.48 bits per heavy atom. The van der Waals surface area contributed by atoms with E-state index < -0.39 is 5.97 Å². The van der Waals surface area contributed by atoms with Crippen molar-refractivity contribution in [3.63, 3.8) is 0 Å². The van der Waals surface area contributed by atoms with Gasteiger partial charge in [-0.05, 0) is 42.3 Å². The number of carbonyl (C=O) groups is 1. The molecule has 3 aromatic heterocycles. The second-order valence-corrected chi connectivity index (χ2v) is 6.27. The Kier molecular flexibility index (Phi) is 2.78. The highest BCUT2D eigenvalue weighted by Gasteiger charge is 2.25. The Morgan fingerprint density at radius 3 is 3.24 bits per heavy atom. The Balaban J connectivity index is 1.80. The standard InChI is InChI=1S/C15H13N3O2S/c19-15(20)8-6-11-14(16-7-8)18-13(17-11)10-2-1-3-12-9(10)4-5-21-12/h4-7,10H,1-3H2,(H,19,20)(H,16,17,18). The number of H-pyrrole nitrogens is 1. The van der Waals surface area contributed by atoms with Gasteiger partial charge in [0.15, 0.2) is 5.65 Å². The van der Waals surface area contributed by atoms with Gasteiger partial charge in [0.1, 0.15) is 5.82 Å². The van der Waals surface area contributed by atoms with E-state index in [1.165, 1.54) is 16.6 Å². The van der Waals surface area contributed by atoms with Crippen LogP contribution in [0, 0.1) is 0 Å². The summed E-state index contributed by atoms with van der Waals surface area (Å²) in [6.07, 6.45) is 4.72. The van der Waals surface area contributed by atoms with Gasteiger partial charge in [-0.25, -0.2) is 14.8 Å². The SMILES string of the molecule is O=C(O)c1cnc2nc(C3CCCc4sccc43)[nH]c2c1. The topological polar surface area (TPSA) is 78.9 Å². The Bertz CT molecular complexity index is 836. The van der Waals surface area contributed by atoms with Crippen LogP contribution >= 0.6 is 11.3 Å². The number of nitrogens with zero attached hydrogens (tertiary/aromatic N) is 2. The van der Waals surface area contributed by atoms with Crippen LogP contribution in [-0.2, 0) is 6.42 Å². The van der Waals surface area contributed by atoms with Crippen LogP contribution in [0.2, 0.25) is 0 Å². The molecule has 0 saturated heterocycles. The molecule has 106 valence electrons. The highest BCUT2D eigenvalue weighted by atomic mass is 32.1. The van der Waals surface area contributed by atoms with Gasteiger partial charge in [0.05, 0.1) is 11.1 Å². The highest BCUT2D eigenvalue weighted by molar-refractivity contribution is 7.10. The molecular formula is C15H13N3O2S. The largest absolute Gasteiger partial charge is 0.478 e. The fourth-order valence-electron chi connectivity index (χ4n) is 2.97. The Morgan fingerprint density at radius 2 is 2.38 bits per heavy atom. The van der Waals surface area contributed by atoms with Gasteiger partial charge in [0, 0.05) is 17.0 Å². The summed E-state index contributed by atoms with van der Waals surface area (Å²) in [6.45, 7) is 0. The number of rotatable bonds is 2. The monoisotopic (exact) mass is 299 g/mol. The first-order valence-corrected chi connectivity index (χ1v) is 7.75. The molecule has 2 N–H and O–H groups in total. The maximum atomic E-state index is 11.0. The normalized spacial score (nSPS) is 17.8. The summed E-state index contributed by atoms with van der Waals surface area (Å²) in [5.41, 5.74) is 2.80. The molecule has 1 aliphatic rings. The number of thiophene rings is 1. The first kappa shape index (κ1) is 12.5. The fourth-order valence-corrected chi connectivity index (χ4v) is 3.96. The zero-order valence-electron chi connectivity index (χ0n) is 11.2. The number of aromatic carboxylic acids is 1. The molecule has 3 heterocycles. The molecule has 3 aromatic rings. The molecule has 0 bridgehead atoms. The van der Waals surface area contributed by atoms with Gasteiger partial charge in [0.25, 0.3) is 0 Å². The molecule has 1 aliphatic carbocycles. The van der Waals surface area contributed by atoms with E-state index in [1.807, 2.05) is 0 Å². The summed E-state index contributed by atoms with van der Waals surface area (Å²) >= 11 is 1.80. The lowest BCUT2D eigenvalue weighted by atomic mass is 9.87. The summed E-state index contributed by atoms with van der Waals surface area (Å²) in [5, 5.41) is 11.2. The van der Waals surface area contributed by atoms with Gasteiger partial charge >= 0.3 is 5.97 Å². The molecular weight excluding hydrogens is 286 g/mol. The number of carboxylic acid groups (broad SMARTS) is 1. The van der Waals surface area contributed by atoms with E-state index in [0.29, 0.717) is 11.2 Å². The van der Waals surface area contributed by atoms with Crippen molar-refractivity contribution in [3.05, 3.63) is 45.5 Å². The third kappa shape index (κ3) is 2.03. The van der Waals surface area contributed by atoms with E-state index in [4.69, 9.17) is 5.11 Å². The molecule has 6 heteroatoms. The van der Waals surface area contributed by atoms with Crippen LogP contribution in [0.15, 0.2) is 23.7 Å². The second-order valence-electron chi connectivity index (χ2n) is 5.27. The smallest absolute Gasteiger partial charge is 0.337 e. The molecule has 0 amide bonds. The number of hydrogen-bond acceptors (Lipinski definition) is 4. The molecule has 21 heavy (non-hydrogen) atoms. The second kappa shape index (κ2) is 4.66. The Labute approximate surface area is 124 Å². The zero-order valence-corrected chi connectivity index (χ0v) is 12.0. The summed E-state index contributed by atoms with van der Waals surface area (Å²) in [6, 6.07) is 3.77. The number of aromatic amines is 1. The molecule has 0 saturated carbocycles. The minimum atomic E-state index is -0.974. The first-order chi connectivity index (χ1) is 10.2. The molecule has 0 aliphatic heterocycles. The van der Waals surface area contributed by atoms with Crippen molar-refractivity contribution in [1.82, 2.24) is 15.0 Å². The van der Waals surface area contributed by atoms with Crippen LogP contribution in [-0.4, -0.2) is 26.0 Å². The van der Waals surface area contributed by atoms with Crippen molar-refractivity contribution < 1.29 is 9.90 Å². The number of aryl methyl sites for hydroxylation is 1. The van der Waals surface area contributed by atoms with Crippen LogP contribution in [0.4, 0.5) is 0 Å². The van der Waals surface area contributed by atoms with Crippen LogP contribution in [0.1, 0.15) is 45.4 Å². The molecule has 4 rings (SSSR count). The number of imidazole rings is 1. The molecule has 1 unspecified atom stereocenters. The Hall–Kier alpha value is -2.21. The minimum absolute atomic E-state index is 0.178. The zero-order chi connectivity index (χ0) is 14.4. The lowest BCUT2D eigenvalue weighted by molar-refractivity contribution is 0.0696. The van der Waals surface area contributed by atoms with Crippen molar-refractivity contribution in [2.24, 2.45) is 0 Å². The fraction of sp³-hybridized carbons (Fsp3) is 0.267. The van der Waals surface area contributed by atoms with Crippen LogP contribution in [0.5, 0.6) is 0 Å². The number of pyridine rings is 1. The van der Waals surface area contributed by atoms with E-state index in [0.717, 1.165) is 25.1 Å². The van der Waals surface area contributed by atoms with Crippen molar-refractivity contribution >= 4 is 28.5 Å². The molecule has 5 nitrogen and oxygen atoms in total. The van der Waals surface area contributed by atoms with Gasteiger partial charge in [0.2, 0.25) is 0 Å². The predicted octanol–water partition coefficient (Wildman–Crippen LogP) is 3.19. The van der Waals surface area contributed by atoms with E-state index in [2.05, 4.69) is 26.4 Å². The van der Waals surface area contributed by atoms with Crippen LogP contribution in [0.25, 0.3) is 11.2 Å². The van der Waals surface area contributed by atoms with E-state index in [1.54, 1.807) is 17.4 Å². The lowest BCUT2D eigenvalue weighted by Crippen LogP contribution is -2.09. The highest BCUT2D eigenvalue weighted by Crippen LogP contribution is 2.38. The third-order valence-electron chi connectivity index (χ3n) is 3.98. The first-order valence-electron chi connectivity index (χ1n) is 6.87. The molecule has 1 atom stereocenters. The van der Waals surface area contributed by atoms with E-state index >= 15 is 0 Å². The quantitative estimate of drug-likeness (QED) is 0.761. The van der Waals surface area contributed by atoms with Crippen LogP contribution in [0.3, 0.4) is 0 Å². The summed E-state index contributed by atoms with van der Waals surface area (Å²) < 4.78 is 0. The lowest BCUT2D eigenvalue weighted by Gasteiger charge is -2.20. The van der Waals surface area contributed by atoms with Gasteiger partial charge < -0.3 is 10.1 Å². The summed E-state index contributed by atoms with van der Waals surface area (Å²) in [4.78, 5) is 24.4. The maximum absolute atomic E-state index is 11.0. The predicted molar refractivity (Wildman–Crippen MR) is 79.9 cm³/mol. The van der Waals surface area contributed by atoms with Gasteiger partial charge in [-0.2, -0.15) is 0 Å². The molecule has 0 fully saturated rings. The summed E-state index contributed by atoms with van der Waals surface area (Å²) in [5.74, 6) is 0.181. The maximum Gasteiger partial charge on any atom is 0.337 e. The third-order valence-corrected chi connectivity index (χ3v) is 4.98. The van der Waals surface area contributed by atoms with Gasteiger partial charge in [-0.3, -0.25) is 0 Å². The van der Waals surface area contributed by atoms with Crippen molar-refractivity contribution in [1.29, 1.82) is 0 Å². The average Bonchev–Trinajstić information content (AvgIpc) is 3.12. The van der Waals surface area contributed by atoms with E-state index in [-0.39, 0.29) is 11.5 Å². The molecule has 0 aromatic carbocycles. The van der Waals surface area contributed by atoms with Crippen LogP contribution < -0.4 is 0 Å². The number of hydrogen-bond donors (Lipinski definition) is 2. The van der Waals surface area contributed by atoms with Crippen molar-refractivity contribution in [3.8, 4) is 0 Å². The van der Waals surface area contributed by atoms with Gasteiger partial charge in [-0.15, -0.1) is 11.3 Å². The number of aromatic nitrogens is 3. The average molecular weight is 299 g/mol. The minimum Gasteiger partial charge on any atom is -0.478 e. The number of nitrogens with one attached hydrogen (secondary N) is 1. The molecule has 0 radical (unpaired) electrons. The molecule has 0 spiro atoms. The summed E-state index contributed by atoms with van der Waals surface area (Å²) in [7, 11) is 0. The van der Waals surface area contributed by atoms with Crippen molar-refractivity contribution in [2.45, 2.75) is 25.2 Å². The number of fused-ring (bicyclic) bond motifs is 2.